The normalized spacial score (nSPS) is 16.8. The lowest BCUT2D eigenvalue weighted by atomic mass is 9.75. The lowest BCUT2D eigenvalue weighted by Crippen LogP contribution is -2.47. The van der Waals surface area contributed by atoms with E-state index in [9.17, 15) is 8.42 Å². The van der Waals surface area contributed by atoms with E-state index in [-0.39, 0.29) is 10.3 Å². The van der Waals surface area contributed by atoms with Crippen molar-refractivity contribution in [1.29, 1.82) is 0 Å². The molecule has 3 aromatic carbocycles. The first-order valence-corrected chi connectivity index (χ1v) is 11.8. The van der Waals surface area contributed by atoms with Crippen molar-refractivity contribution in [1.82, 2.24) is 3.97 Å². The van der Waals surface area contributed by atoms with Crippen LogP contribution in [0, 0.1) is 12.3 Å². The highest BCUT2D eigenvalue weighted by Gasteiger charge is 2.34. The van der Waals surface area contributed by atoms with Crippen LogP contribution in [-0.4, -0.2) is 32.7 Å². The van der Waals surface area contributed by atoms with Crippen molar-refractivity contribution in [2.24, 2.45) is 5.41 Å². The van der Waals surface area contributed by atoms with Crippen LogP contribution in [0.4, 0.5) is 0 Å². The van der Waals surface area contributed by atoms with Gasteiger partial charge in [-0.15, -0.1) is 0 Å². The molecule has 0 unspecified atom stereocenters. The second kappa shape index (κ2) is 7.23. The van der Waals surface area contributed by atoms with Gasteiger partial charge in [0.15, 0.2) is 0 Å². The molecule has 31 heavy (non-hydrogen) atoms. The van der Waals surface area contributed by atoms with E-state index in [0.717, 1.165) is 21.8 Å². The van der Waals surface area contributed by atoms with Crippen LogP contribution in [0.15, 0.2) is 71.6 Å². The average Bonchev–Trinajstić information content (AvgIpc) is 3.08. The predicted octanol–water partition coefficient (Wildman–Crippen LogP) is 4.11. The highest BCUT2D eigenvalue weighted by molar-refractivity contribution is 7.90. The monoisotopic (exact) mass is 433 g/mol. The number of para-hydroxylation sites is 1. The van der Waals surface area contributed by atoms with Crippen LogP contribution in [0.5, 0.6) is 0 Å². The lowest BCUT2D eigenvalue weighted by molar-refractivity contribution is 0.0343. The van der Waals surface area contributed by atoms with E-state index in [1.807, 2.05) is 61.5 Å². The van der Waals surface area contributed by atoms with Crippen molar-refractivity contribution in [3.8, 4) is 0 Å². The molecule has 0 atom stereocenters. The van der Waals surface area contributed by atoms with Gasteiger partial charge in [-0.2, -0.15) is 0 Å². The fourth-order valence-electron chi connectivity index (χ4n) is 4.06. The molecule has 0 aliphatic carbocycles. The standard InChI is InChI=1S/C24H24BNO4S/c1-17-8-11-19(12-9-17)31(27,28)26-22-7-5-4-6-20(22)21-14-18(10-13-23(21)26)25-29-15-24(2,3)16-30-25/h4-14H,15-16H2,1-3H3. The molecule has 5 rings (SSSR count). The zero-order valence-corrected chi connectivity index (χ0v) is 18.6. The molecule has 158 valence electrons. The van der Waals surface area contributed by atoms with E-state index in [1.54, 1.807) is 12.1 Å². The molecule has 4 aromatic rings. The molecular formula is C24H24BNO4S. The molecule has 0 radical (unpaired) electrons. The zero-order valence-electron chi connectivity index (χ0n) is 17.8. The summed E-state index contributed by atoms with van der Waals surface area (Å²) in [6, 6.07) is 20.3. The maximum Gasteiger partial charge on any atom is 0.493 e. The Morgan fingerprint density at radius 1 is 0.871 bits per heavy atom. The van der Waals surface area contributed by atoms with E-state index in [4.69, 9.17) is 9.31 Å². The largest absolute Gasteiger partial charge is 0.493 e. The first-order chi connectivity index (χ1) is 14.8. The predicted molar refractivity (Wildman–Crippen MR) is 124 cm³/mol. The molecule has 0 bridgehead atoms. The number of aryl methyl sites for hydroxylation is 1. The van der Waals surface area contributed by atoms with Crippen LogP contribution in [0.25, 0.3) is 21.8 Å². The van der Waals surface area contributed by atoms with Crippen LogP contribution < -0.4 is 5.46 Å². The molecule has 2 heterocycles. The molecular weight excluding hydrogens is 409 g/mol. The fourth-order valence-corrected chi connectivity index (χ4v) is 5.59. The van der Waals surface area contributed by atoms with E-state index in [0.29, 0.717) is 24.2 Å². The average molecular weight is 433 g/mol. The summed E-state index contributed by atoms with van der Waals surface area (Å²) in [6.45, 7) is 7.37. The lowest BCUT2D eigenvalue weighted by Gasteiger charge is -2.33. The quantitative estimate of drug-likeness (QED) is 0.457. The van der Waals surface area contributed by atoms with Gasteiger partial charge < -0.3 is 9.31 Å². The van der Waals surface area contributed by atoms with Gasteiger partial charge in [0.2, 0.25) is 0 Å². The summed E-state index contributed by atoms with van der Waals surface area (Å²) in [7, 11) is -4.22. The number of nitrogens with zero attached hydrogens (tertiary/aromatic N) is 1. The molecule has 1 saturated heterocycles. The maximum absolute atomic E-state index is 13.6. The summed E-state index contributed by atoms with van der Waals surface area (Å²) in [5.74, 6) is 0. The Morgan fingerprint density at radius 3 is 2.23 bits per heavy atom. The first kappa shape index (κ1) is 20.3. The minimum atomic E-state index is -3.76. The number of hydrogen-bond acceptors (Lipinski definition) is 4. The maximum atomic E-state index is 13.6. The molecule has 1 aliphatic rings. The Bertz CT molecular complexity index is 1380. The number of benzene rings is 3. The minimum Gasteiger partial charge on any atom is -0.407 e. The topological polar surface area (TPSA) is 57.5 Å². The van der Waals surface area contributed by atoms with Crippen LogP contribution >= 0.6 is 0 Å². The SMILES string of the molecule is Cc1ccc(S(=O)(=O)n2c3ccccc3c3cc(B4OCC(C)(C)CO4)ccc32)cc1. The number of hydrogen-bond donors (Lipinski definition) is 0. The van der Waals surface area contributed by atoms with Crippen molar-refractivity contribution in [2.45, 2.75) is 25.7 Å². The van der Waals surface area contributed by atoms with Crippen LogP contribution in [0.3, 0.4) is 0 Å². The van der Waals surface area contributed by atoms with Gasteiger partial charge in [-0.3, -0.25) is 0 Å². The van der Waals surface area contributed by atoms with Gasteiger partial charge in [-0.1, -0.05) is 61.9 Å². The summed E-state index contributed by atoms with van der Waals surface area (Å²) in [6.07, 6.45) is 0. The summed E-state index contributed by atoms with van der Waals surface area (Å²) in [5.41, 5.74) is 3.18. The molecule has 1 fully saturated rings. The molecule has 1 aromatic heterocycles. The molecule has 0 spiro atoms. The Balaban J connectivity index is 1.68. The van der Waals surface area contributed by atoms with Crippen molar-refractivity contribution in [2.75, 3.05) is 13.2 Å². The third-order valence-corrected chi connectivity index (χ3v) is 7.48. The Morgan fingerprint density at radius 2 is 1.52 bits per heavy atom. The number of rotatable bonds is 3. The van der Waals surface area contributed by atoms with E-state index in [2.05, 4.69) is 13.8 Å². The molecule has 5 nitrogen and oxygen atoms in total. The summed E-state index contributed by atoms with van der Waals surface area (Å²) in [4.78, 5) is 0.269. The molecule has 0 saturated carbocycles. The minimum absolute atomic E-state index is 0.0151. The third-order valence-electron chi connectivity index (χ3n) is 5.73. The van der Waals surface area contributed by atoms with Gasteiger partial charge in [0.05, 0.1) is 15.9 Å². The van der Waals surface area contributed by atoms with Crippen LogP contribution in [-0.2, 0) is 19.3 Å². The van der Waals surface area contributed by atoms with E-state index < -0.39 is 17.1 Å². The van der Waals surface area contributed by atoms with Crippen molar-refractivity contribution in [3.63, 3.8) is 0 Å². The number of fused-ring (bicyclic) bond motifs is 3. The second-order valence-corrected chi connectivity index (χ2v) is 10.8. The zero-order chi connectivity index (χ0) is 21.8. The van der Waals surface area contributed by atoms with Gasteiger partial charge in [0.25, 0.3) is 10.0 Å². The van der Waals surface area contributed by atoms with Crippen molar-refractivity contribution < 1.29 is 17.7 Å². The molecule has 0 N–H and O–H groups in total. The van der Waals surface area contributed by atoms with Crippen molar-refractivity contribution in [3.05, 3.63) is 72.3 Å². The second-order valence-electron chi connectivity index (χ2n) is 8.99. The highest BCUT2D eigenvalue weighted by Crippen LogP contribution is 2.32. The van der Waals surface area contributed by atoms with Crippen LogP contribution in [0.1, 0.15) is 19.4 Å². The summed E-state index contributed by atoms with van der Waals surface area (Å²) < 4.78 is 40.5. The van der Waals surface area contributed by atoms with Gasteiger partial charge in [-0.05, 0) is 36.7 Å². The van der Waals surface area contributed by atoms with Gasteiger partial charge >= 0.3 is 7.12 Å². The molecule has 7 heteroatoms. The van der Waals surface area contributed by atoms with Crippen molar-refractivity contribution >= 4 is 44.4 Å². The Hall–Kier alpha value is -2.61. The van der Waals surface area contributed by atoms with Gasteiger partial charge in [-0.25, -0.2) is 12.4 Å². The Labute approximate surface area is 182 Å². The molecule has 0 amide bonds. The Kier molecular flexibility index (Phi) is 4.73. The van der Waals surface area contributed by atoms with Gasteiger partial charge in [0.1, 0.15) is 0 Å². The van der Waals surface area contributed by atoms with E-state index >= 15 is 0 Å². The van der Waals surface area contributed by atoms with Crippen LogP contribution in [0.2, 0.25) is 0 Å². The highest BCUT2D eigenvalue weighted by atomic mass is 32.2. The smallest absolute Gasteiger partial charge is 0.407 e. The number of aromatic nitrogens is 1. The molecule has 1 aliphatic heterocycles. The summed E-state index contributed by atoms with van der Waals surface area (Å²) >= 11 is 0. The van der Waals surface area contributed by atoms with E-state index in [1.165, 1.54) is 3.97 Å². The summed E-state index contributed by atoms with van der Waals surface area (Å²) in [5, 5.41) is 1.74. The fraction of sp³-hybridized carbons (Fsp3) is 0.250. The van der Waals surface area contributed by atoms with Gasteiger partial charge in [0, 0.05) is 29.4 Å². The first-order valence-electron chi connectivity index (χ1n) is 10.3. The third kappa shape index (κ3) is 3.47.